The van der Waals surface area contributed by atoms with Crippen molar-refractivity contribution in [3.05, 3.63) is 0 Å². The van der Waals surface area contributed by atoms with Crippen LogP contribution in [0.5, 0.6) is 0 Å². The van der Waals surface area contributed by atoms with Crippen LogP contribution < -0.4 is 5.73 Å². The summed E-state index contributed by atoms with van der Waals surface area (Å²) in [6.07, 6.45) is 3.62. The van der Waals surface area contributed by atoms with Crippen LogP contribution >= 0.6 is 0 Å². The van der Waals surface area contributed by atoms with Crippen LogP contribution in [-0.4, -0.2) is 57.0 Å². The van der Waals surface area contributed by atoms with Crippen molar-refractivity contribution < 1.29 is 9.47 Å². The Labute approximate surface area is 111 Å². The van der Waals surface area contributed by atoms with Crippen molar-refractivity contribution >= 4 is 0 Å². The Kier molecular flexibility index (Phi) is 5.01. The molecule has 0 bridgehead atoms. The van der Waals surface area contributed by atoms with E-state index in [4.69, 9.17) is 15.2 Å². The number of rotatable bonds is 5. The van der Waals surface area contributed by atoms with Gasteiger partial charge in [0.25, 0.3) is 0 Å². The van der Waals surface area contributed by atoms with Crippen LogP contribution in [0, 0.1) is 11.8 Å². The van der Waals surface area contributed by atoms with Gasteiger partial charge in [-0.05, 0) is 45.2 Å². The zero-order valence-electron chi connectivity index (χ0n) is 11.9. The zero-order valence-corrected chi connectivity index (χ0v) is 11.9. The second-order valence-electron chi connectivity index (χ2n) is 6.01. The highest BCUT2D eigenvalue weighted by atomic mass is 16.5. The highest BCUT2D eigenvalue weighted by Gasteiger charge is 2.41. The largest absolute Gasteiger partial charge is 0.384 e. The van der Waals surface area contributed by atoms with E-state index in [1.54, 1.807) is 7.11 Å². The Hall–Kier alpha value is -0.160. The third kappa shape index (κ3) is 2.87. The van der Waals surface area contributed by atoms with Gasteiger partial charge in [0.15, 0.2) is 0 Å². The van der Waals surface area contributed by atoms with Crippen molar-refractivity contribution in [2.24, 2.45) is 17.6 Å². The highest BCUT2D eigenvalue weighted by molar-refractivity contribution is 4.96. The predicted molar refractivity (Wildman–Crippen MR) is 72.6 cm³/mol. The lowest BCUT2D eigenvalue weighted by Crippen LogP contribution is -2.59. The summed E-state index contributed by atoms with van der Waals surface area (Å²) in [6, 6.07) is 0. The fourth-order valence-corrected chi connectivity index (χ4v) is 3.43. The van der Waals surface area contributed by atoms with Crippen molar-refractivity contribution in [2.75, 3.05) is 46.6 Å². The van der Waals surface area contributed by atoms with Gasteiger partial charge in [-0.15, -0.1) is 0 Å². The van der Waals surface area contributed by atoms with E-state index >= 15 is 0 Å². The highest BCUT2D eigenvalue weighted by Crippen LogP contribution is 2.33. The quantitative estimate of drug-likeness (QED) is 0.800. The molecule has 2 heterocycles. The van der Waals surface area contributed by atoms with Gasteiger partial charge in [-0.3, -0.25) is 4.90 Å². The van der Waals surface area contributed by atoms with Crippen molar-refractivity contribution in [3.8, 4) is 0 Å². The Morgan fingerprint density at radius 2 is 2.06 bits per heavy atom. The fourth-order valence-electron chi connectivity index (χ4n) is 3.43. The van der Waals surface area contributed by atoms with Crippen LogP contribution in [0.15, 0.2) is 0 Å². The van der Waals surface area contributed by atoms with Crippen LogP contribution in [0.1, 0.15) is 26.2 Å². The first-order valence-corrected chi connectivity index (χ1v) is 7.22. The molecule has 2 unspecified atom stereocenters. The van der Waals surface area contributed by atoms with Gasteiger partial charge in [0, 0.05) is 38.3 Å². The van der Waals surface area contributed by atoms with E-state index in [0.717, 1.165) is 51.8 Å². The van der Waals surface area contributed by atoms with Crippen LogP contribution in [0.25, 0.3) is 0 Å². The number of piperidine rings is 1. The molecule has 4 nitrogen and oxygen atoms in total. The van der Waals surface area contributed by atoms with Crippen molar-refractivity contribution in [1.82, 2.24) is 4.90 Å². The van der Waals surface area contributed by atoms with Crippen LogP contribution in [0.4, 0.5) is 0 Å². The molecule has 2 atom stereocenters. The summed E-state index contributed by atoms with van der Waals surface area (Å²) in [5, 5.41) is 0. The molecular weight excluding hydrogens is 228 g/mol. The molecule has 106 valence electrons. The van der Waals surface area contributed by atoms with Gasteiger partial charge >= 0.3 is 0 Å². The van der Waals surface area contributed by atoms with Crippen molar-refractivity contribution in [3.63, 3.8) is 0 Å². The maximum absolute atomic E-state index is 6.09. The number of nitrogens with two attached hydrogens (primary N) is 1. The minimum Gasteiger partial charge on any atom is -0.384 e. The summed E-state index contributed by atoms with van der Waals surface area (Å²) in [6.45, 7) is 8.04. The Bertz CT molecular complexity index is 248. The Morgan fingerprint density at radius 3 is 2.56 bits per heavy atom. The third-order valence-electron chi connectivity index (χ3n) is 4.96. The average Bonchev–Trinajstić information content (AvgIpc) is 2.93. The van der Waals surface area contributed by atoms with E-state index in [-0.39, 0.29) is 5.54 Å². The van der Waals surface area contributed by atoms with Crippen molar-refractivity contribution in [2.45, 2.75) is 31.7 Å². The zero-order chi connectivity index (χ0) is 13.0. The molecule has 2 N–H and O–H groups in total. The Balaban J connectivity index is 1.92. The molecule has 4 heteroatoms. The second-order valence-corrected chi connectivity index (χ2v) is 6.01. The normalized spacial score (nSPS) is 30.5. The number of likely N-dealkylation sites (tertiary alicyclic amines) is 1. The first kappa shape index (κ1) is 14.3. The first-order chi connectivity index (χ1) is 8.70. The van der Waals surface area contributed by atoms with Gasteiger partial charge in [0.2, 0.25) is 0 Å². The summed E-state index contributed by atoms with van der Waals surface area (Å²) in [7, 11) is 1.80. The first-order valence-electron chi connectivity index (χ1n) is 7.22. The maximum atomic E-state index is 6.09. The van der Waals surface area contributed by atoms with Gasteiger partial charge < -0.3 is 15.2 Å². The van der Waals surface area contributed by atoms with E-state index in [0.29, 0.717) is 5.92 Å². The summed E-state index contributed by atoms with van der Waals surface area (Å²) < 4.78 is 10.8. The molecule has 2 aliphatic heterocycles. The lowest BCUT2D eigenvalue weighted by Gasteiger charge is -2.47. The molecule has 0 amide bonds. The maximum Gasteiger partial charge on any atom is 0.0513 e. The second kappa shape index (κ2) is 6.33. The topological polar surface area (TPSA) is 47.7 Å². The molecule has 2 rings (SSSR count). The summed E-state index contributed by atoms with van der Waals surface area (Å²) in [4.78, 5) is 2.60. The standard InChI is InChI=1S/C14H28N2O2/c1-14(11-15,13-5-8-18-10-13)16-6-3-12(4-7-16)9-17-2/h12-13H,3-11,15H2,1-2H3. The molecule has 0 aliphatic carbocycles. The molecular formula is C14H28N2O2. The molecule has 0 saturated carbocycles. The van der Waals surface area contributed by atoms with E-state index in [2.05, 4.69) is 11.8 Å². The lowest BCUT2D eigenvalue weighted by atomic mass is 9.81. The average molecular weight is 256 g/mol. The molecule has 0 radical (unpaired) electrons. The van der Waals surface area contributed by atoms with E-state index in [1.807, 2.05) is 0 Å². The molecule has 18 heavy (non-hydrogen) atoms. The molecule has 2 saturated heterocycles. The van der Waals surface area contributed by atoms with Gasteiger partial charge in [0.1, 0.15) is 0 Å². The number of hydrogen-bond acceptors (Lipinski definition) is 4. The molecule has 0 aromatic carbocycles. The minimum absolute atomic E-state index is 0.120. The summed E-state index contributed by atoms with van der Waals surface area (Å²) in [5.74, 6) is 1.33. The van der Waals surface area contributed by atoms with Gasteiger partial charge in [-0.2, -0.15) is 0 Å². The number of methoxy groups -OCH3 is 1. The smallest absolute Gasteiger partial charge is 0.0513 e. The van der Waals surface area contributed by atoms with Gasteiger partial charge in [-0.1, -0.05) is 0 Å². The summed E-state index contributed by atoms with van der Waals surface area (Å²) >= 11 is 0. The van der Waals surface area contributed by atoms with E-state index in [9.17, 15) is 0 Å². The number of nitrogens with zero attached hydrogens (tertiary/aromatic N) is 1. The molecule has 2 aliphatic rings. The minimum atomic E-state index is 0.120. The van der Waals surface area contributed by atoms with Gasteiger partial charge in [0.05, 0.1) is 6.61 Å². The number of hydrogen-bond donors (Lipinski definition) is 1. The predicted octanol–water partition coefficient (Wildman–Crippen LogP) is 1.10. The SMILES string of the molecule is COCC1CCN(C(C)(CN)C2CCOC2)CC1. The van der Waals surface area contributed by atoms with E-state index in [1.165, 1.54) is 12.8 Å². The fraction of sp³-hybridized carbons (Fsp3) is 1.00. The monoisotopic (exact) mass is 256 g/mol. The van der Waals surface area contributed by atoms with Crippen LogP contribution in [-0.2, 0) is 9.47 Å². The van der Waals surface area contributed by atoms with E-state index < -0.39 is 0 Å². The lowest BCUT2D eigenvalue weighted by molar-refractivity contribution is 0.00651. The van der Waals surface area contributed by atoms with Crippen LogP contribution in [0.2, 0.25) is 0 Å². The summed E-state index contributed by atoms with van der Waals surface area (Å²) in [5.41, 5.74) is 6.21. The van der Waals surface area contributed by atoms with Crippen molar-refractivity contribution in [1.29, 1.82) is 0 Å². The molecule has 0 spiro atoms. The molecule has 2 fully saturated rings. The molecule has 0 aromatic heterocycles. The number of ether oxygens (including phenoxy) is 2. The van der Waals surface area contributed by atoms with Crippen LogP contribution in [0.3, 0.4) is 0 Å². The van der Waals surface area contributed by atoms with Gasteiger partial charge in [-0.25, -0.2) is 0 Å². The Morgan fingerprint density at radius 1 is 1.33 bits per heavy atom. The molecule has 0 aromatic rings. The third-order valence-corrected chi connectivity index (χ3v) is 4.96.